The molecule has 0 aromatic carbocycles. The first kappa shape index (κ1) is 12.0. The average Bonchev–Trinajstić information content (AvgIpc) is 2.27. The first-order valence-electron chi connectivity index (χ1n) is 6.30. The van der Waals surface area contributed by atoms with Gasteiger partial charge < -0.3 is 0 Å². The lowest BCUT2D eigenvalue weighted by Crippen LogP contribution is -2.18. The highest BCUT2D eigenvalue weighted by molar-refractivity contribution is 5.87. The second-order valence-electron chi connectivity index (χ2n) is 4.84. The second kappa shape index (κ2) is 5.25. The normalized spacial score (nSPS) is 22.8. The van der Waals surface area contributed by atoms with Crippen LogP contribution in [0.15, 0.2) is 11.2 Å². The van der Waals surface area contributed by atoms with Crippen molar-refractivity contribution in [3.63, 3.8) is 0 Å². The Morgan fingerprint density at radius 1 is 1.24 bits per heavy atom. The van der Waals surface area contributed by atoms with Crippen LogP contribution < -0.4 is 5.43 Å². The third kappa shape index (κ3) is 3.25. The maximum Gasteiger partial charge on any atom is 0.243 e. The van der Waals surface area contributed by atoms with Crippen molar-refractivity contribution >= 4 is 11.7 Å². The molecule has 1 N–H and O–H groups in total. The van der Waals surface area contributed by atoms with Gasteiger partial charge in [0.15, 0.2) is 0 Å². The van der Waals surface area contributed by atoms with E-state index in [1.807, 2.05) is 19.9 Å². The van der Waals surface area contributed by atoms with E-state index in [2.05, 4.69) is 27.4 Å². The molecule has 1 aromatic heterocycles. The quantitative estimate of drug-likeness (QED) is 0.797. The molecule has 4 heteroatoms. The lowest BCUT2D eigenvalue weighted by Gasteiger charge is -2.19. The summed E-state index contributed by atoms with van der Waals surface area (Å²) in [6.07, 6.45) is 4.91. The molecule has 1 fully saturated rings. The fourth-order valence-electron chi connectivity index (χ4n) is 2.23. The Kier molecular flexibility index (Phi) is 3.71. The Morgan fingerprint density at radius 3 is 2.59 bits per heavy atom. The number of anilines is 1. The number of aromatic nitrogens is 2. The zero-order valence-electron chi connectivity index (χ0n) is 10.8. The predicted molar refractivity (Wildman–Crippen MR) is 70.2 cm³/mol. The highest BCUT2D eigenvalue weighted by atomic mass is 15.4. The minimum Gasteiger partial charge on any atom is -0.245 e. The Hall–Kier alpha value is -1.45. The minimum absolute atomic E-state index is 0.585. The van der Waals surface area contributed by atoms with Gasteiger partial charge in [0, 0.05) is 17.1 Å². The molecule has 1 heterocycles. The van der Waals surface area contributed by atoms with Crippen LogP contribution in [0.25, 0.3) is 0 Å². The van der Waals surface area contributed by atoms with E-state index in [0.717, 1.165) is 17.8 Å². The van der Waals surface area contributed by atoms with Gasteiger partial charge in [-0.25, -0.2) is 15.4 Å². The molecule has 1 atom stereocenters. The van der Waals surface area contributed by atoms with E-state index in [4.69, 9.17) is 0 Å². The van der Waals surface area contributed by atoms with Crippen molar-refractivity contribution in [1.29, 1.82) is 0 Å². The van der Waals surface area contributed by atoms with Crippen molar-refractivity contribution < 1.29 is 0 Å². The molecule has 1 aromatic rings. The molecule has 0 spiro atoms. The van der Waals surface area contributed by atoms with Gasteiger partial charge in [0.2, 0.25) is 5.95 Å². The third-order valence-electron chi connectivity index (χ3n) is 3.17. The Morgan fingerprint density at radius 2 is 1.94 bits per heavy atom. The molecule has 1 aliphatic carbocycles. The van der Waals surface area contributed by atoms with Crippen LogP contribution >= 0.6 is 0 Å². The van der Waals surface area contributed by atoms with Crippen LogP contribution in [-0.2, 0) is 0 Å². The molecule has 0 saturated heterocycles. The molecular weight excluding hydrogens is 212 g/mol. The van der Waals surface area contributed by atoms with Gasteiger partial charge in [-0.3, -0.25) is 0 Å². The topological polar surface area (TPSA) is 50.2 Å². The molecule has 92 valence electrons. The van der Waals surface area contributed by atoms with E-state index in [1.165, 1.54) is 25.0 Å². The summed E-state index contributed by atoms with van der Waals surface area (Å²) in [5.41, 5.74) is 6.18. The minimum atomic E-state index is 0.585. The van der Waals surface area contributed by atoms with Crippen molar-refractivity contribution in [2.45, 2.75) is 46.5 Å². The lowest BCUT2D eigenvalue weighted by atomic mass is 9.89. The highest BCUT2D eigenvalue weighted by Crippen LogP contribution is 2.21. The number of hydrazone groups is 1. The van der Waals surface area contributed by atoms with Crippen molar-refractivity contribution in [1.82, 2.24) is 9.97 Å². The van der Waals surface area contributed by atoms with Crippen molar-refractivity contribution in [2.75, 3.05) is 5.43 Å². The molecule has 0 radical (unpaired) electrons. The summed E-state index contributed by atoms with van der Waals surface area (Å²) in [6.45, 7) is 6.18. The summed E-state index contributed by atoms with van der Waals surface area (Å²) in [4.78, 5) is 8.63. The monoisotopic (exact) mass is 232 g/mol. The Balaban J connectivity index is 2.07. The van der Waals surface area contributed by atoms with Crippen LogP contribution in [0.2, 0.25) is 0 Å². The summed E-state index contributed by atoms with van der Waals surface area (Å²) >= 11 is 0. The highest BCUT2D eigenvalue weighted by Gasteiger charge is 2.15. The zero-order chi connectivity index (χ0) is 12.3. The molecule has 0 aliphatic heterocycles. The van der Waals surface area contributed by atoms with E-state index in [1.54, 1.807) is 0 Å². The molecule has 0 amide bonds. The van der Waals surface area contributed by atoms with Crippen molar-refractivity contribution in [3.8, 4) is 0 Å². The first-order valence-corrected chi connectivity index (χ1v) is 6.30. The maximum atomic E-state index is 4.46. The van der Waals surface area contributed by atoms with Gasteiger partial charge in [-0.05, 0) is 45.1 Å². The Bertz CT molecular complexity index is 405. The van der Waals surface area contributed by atoms with E-state index in [9.17, 15) is 0 Å². The van der Waals surface area contributed by atoms with E-state index in [0.29, 0.717) is 11.9 Å². The van der Waals surface area contributed by atoms with Gasteiger partial charge in [-0.1, -0.05) is 13.3 Å². The number of hydrogen-bond donors (Lipinski definition) is 1. The second-order valence-corrected chi connectivity index (χ2v) is 4.84. The first-order chi connectivity index (χ1) is 8.15. The van der Waals surface area contributed by atoms with Crippen LogP contribution in [-0.4, -0.2) is 15.7 Å². The summed E-state index contributed by atoms with van der Waals surface area (Å²) in [5, 5.41) is 4.46. The predicted octanol–water partition coefficient (Wildman–Crippen LogP) is 3.07. The third-order valence-corrected chi connectivity index (χ3v) is 3.17. The number of nitrogens with zero attached hydrogens (tertiary/aromatic N) is 3. The van der Waals surface area contributed by atoms with Crippen LogP contribution in [0, 0.1) is 19.8 Å². The molecule has 4 nitrogen and oxygen atoms in total. The SMILES string of the molecule is Cc1cc(C)nc(N/N=C2/CCCCC2C)n1. The average molecular weight is 232 g/mol. The summed E-state index contributed by atoms with van der Waals surface area (Å²) in [5.74, 6) is 1.19. The molecule has 1 saturated carbocycles. The Labute approximate surface area is 103 Å². The standard InChI is InChI=1S/C13H20N4/c1-9-6-4-5-7-12(9)16-17-13-14-10(2)8-11(3)15-13/h8-9H,4-7H2,1-3H3,(H,14,15,17)/b16-12-. The molecular formula is C13H20N4. The lowest BCUT2D eigenvalue weighted by molar-refractivity contribution is 0.558. The van der Waals surface area contributed by atoms with E-state index in [-0.39, 0.29) is 0 Å². The van der Waals surface area contributed by atoms with Crippen molar-refractivity contribution in [3.05, 3.63) is 17.5 Å². The number of nitrogens with one attached hydrogen (secondary N) is 1. The van der Waals surface area contributed by atoms with Gasteiger partial charge in [0.05, 0.1) is 0 Å². The molecule has 2 rings (SSSR count). The summed E-state index contributed by atoms with van der Waals surface area (Å²) < 4.78 is 0. The van der Waals surface area contributed by atoms with E-state index >= 15 is 0 Å². The van der Waals surface area contributed by atoms with Gasteiger partial charge >= 0.3 is 0 Å². The van der Waals surface area contributed by atoms with Gasteiger partial charge in [0.1, 0.15) is 0 Å². The number of rotatable bonds is 2. The van der Waals surface area contributed by atoms with Crippen LogP contribution in [0.5, 0.6) is 0 Å². The summed E-state index contributed by atoms with van der Waals surface area (Å²) in [7, 11) is 0. The molecule has 1 unspecified atom stereocenters. The smallest absolute Gasteiger partial charge is 0.243 e. The zero-order valence-corrected chi connectivity index (χ0v) is 10.8. The maximum absolute atomic E-state index is 4.46. The van der Waals surface area contributed by atoms with Crippen LogP contribution in [0.1, 0.15) is 44.0 Å². The molecule has 0 bridgehead atoms. The summed E-state index contributed by atoms with van der Waals surface area (Å²) in [6, 6.07) is 1.96. The van der Waals surface area contributed by atoms with Gasteiger partial charge in [-0.15, -0.1) is 0 Å². The van der Waals surface area contributed by atoms with Crippen LogP contribution in [0.3, 0.4) is 0 Å². The van der Waals surface area contributed by atoms with Crippen LogP contribution in [0.4, 0.5) is 5.95 Å². The van der Waals surface area contributed by atoms with E-state index < -0.39 is 0 Å². The van der Waals surface area contributed by atoms with Crippen molar-refractivity contribution in [2.24, 2.45) is 11.0 Å². The fraction of sp³-hybridized carbons (Fsp3) is 0.615. The number of aryl methyl sites for hydroxylation is 2. The van der Waals surface area contributed by atoms with Gasteiger partial charge in [0.25, 0.3) is 0 Å². The molecule has 1 aliphatic rings. The molecule has 17 heavy (non-hydrogen) atoms. The largest absolute Gasteiger partial charge is 0.245 e. The van der Waals surface area contributed by atoms with Gasteiger partial charge in [-0.2, -0.15) is 5.10 Å². The number of hydrogen-bond acceptors (Lipinski definition) is 4. The fourth-order valence-corrected chi connectivity index (χ4v) is 2.23.